The van der Waals surface area contributed by atoms with Crippen molar-refractivity contribution < 1.29 is 5.11 Å². The number of aliphatic hydroxyl groups is 1. The van der Waals surface area contributed by atoms with E-state index in [0.29, 0.717) is 12.6 Å². The fourth-order valence-corrected chi connectivity index (χ4v) is 2.61. The highest BCUT2D eigenvalue weighted by molar-refractivity contribution is 5.71. The number of hydrogen-bond donors (Lipinski definition) is 3. The summed E-state index contributed by atoms with van der Waals surface area (Å²) in [6, 6.07) is 6.51. The van der Waals surface area contributed by atoms with E-state index in [1.165, 1.54) is 11.3 Å². The molecule has 0 fully saturated rings. The third kappa shape index (κ3) is 3.88. The number of rotatable bonds is 4. The molecule has 1 atom stereocenters. The van der Waals surface area contributed by atoms with Gasteiger partial charge in [0.05, 0.1) is 18.6 Å². The fraction of sp³-hybridized carbons (Fsp3) is 0.389. The SMILES string of the molecule is CC(C)n1cnc2cncnc21.CC(O)CNc1cccc2c1CN2. The van der Waals surface area contributed by atoms with Gasteiger partial charge in [-0.15, -0.1) is 0 Å². The summed E-state index contributed by atoms with van der Waals surface area (Å²) in [4.78, 5) is 12.2. The second-order valence-electron chi connectivity index (χ2n) is 6.39. The lowest BCUT2D eigenvalue weighted by Gasteiger charge is -2.25. The Balaban J connectivity index is 0.000000146. The Morgan fingerprint density at radius 2 is 2.12 bits per heavy atom. The van der Waals surface area contributed by atoms with E-state index in [1.54, 1.807) is 25.8 Å². The zero-order chi connectivity index (χ0) is 17.8. The average molecular weight is 340 g/mol. The van der Waals surface area contributed by atoms with E-state index in [1.807, 2.05) is 16.7 Å². The minimum Gasteiger partial charge on any atom is -0.392 e. The predicted molar refractivity (Wildman–Crippen MR) is 99.6 cm³/mol. The molecule has 0 aliphatic carbocycles. The van der Waals surface area contributed by atoms with Crippen LogP contribution in [0.4, 0.5) is 11.4 Å². The van der Waals surface area contributed by atoms with Crippen LogP contribution in [0.15, 0.2) is 37.1 Å². The minimum absolute atomic E-state index is 0.302. The Morgan fingerprint density at radius 3 is 2.80 bits per heavy atom. The number of benzene rings is 1. The molecule has 25 heavy (non-hydrogen) atoms. The molecule has 3 N–H and O–H groups in total. The van der Waals surface area contributed by atoms with Crippen molar-refractivity contribution in [2.75, 3.05) is 17.2 Å². The molecule has 0 saturated carbocycles. The molecule has 1 aliphatic rings. The molecule has 0 radical (unpaired) electrons. The first-order valence-electron chi connectivity index (χ1n) is 8.46. The van der Waals surface area contributed by atoms with Crippen LogP contribution in [-0.4, -0.2) is 37.3 Å². The van der Waals surface area contributed by atoms with E-state index in [4.69, 9.17) is 5.11 Å². The molecule has 0 amide bonds. The van der Waals surface area contributed by atoms with Gasteiger partial charge in [-0.2, -0.15) is 0 Å². The van der Waals surface area contributed by atoms with Crippen molar-refractivity contribution in [3.05, 3.63) is 42.6 Å². The van der Waals surface area contributed by atoms with Gasteiger partial charge in [0.1, 0.15) is 11.8 Å². The molecule has 3 heterocycles. The molecule has 2 aromatic heterocycles. The molecule has 7 heteroatoms. The summed E-state index contributed by atoms with van der Waals surface area (Å²) in [5.74, 6) is 0. The Labute approximate surface area is 147 Å². The first-order valence-corrected chi connectivity index (χ1v) is 8.46. The van der Waals surface area contributed by atoms with Crippen LogP contribution in [0, 0.1) is 0 Å². The number of nitrogens with zero attached hydrogens (tertiary/aromatic N) is 4. The van der Waals surface area contributed by atoms with E-state index in [-0.39, 0.29) is 6.10 Å². The molecule has 0 bridgehead atoms. The Kier molecular flexibility index (Phi) is 5.14. The van der Waals surface area contributed by atoms with E-state index in [2.05, 4.69) is 45.5 Å². The molecule has 1 unspecified atom stereocenters. The highest BCUT2D eigenvalue weighted by Gasteiger charge is 2.15. The second-order valence-corrected chi connectivity index (χ2v) is 6.39. The summed E-state index contributed by atoms with van der Waals surface area (Å²) in [6.45, 7) is 7.52. The van der Waals surface area contributed by atoms with Crippen LogP contribution in [0.5, 0.6) is 0 Å². The van der Waals surface area contributed by atoms with Crippen LogP contribution < -0.4 is 10.6 Å². The van der Waals surface area contributed by atoms with Gasteiger partial charge in [-0.1, -0.05) is 6.07 Å². The second kappa shape index (κ2) is 7.48. The lowest BCUT2D eigenvalue weighted by Crippen LogP contribution is -2.20. The number of hydrogen-bond acceptors (Lipinski definition) is 6. The van der Waals surface area contributed by atoms with Crippen LogP contribution >= 0.6 is 0 Å². The molecule has 1 aromatic carbocycles. The zero-order valence-corrected chi connectivity index (χ0v) is 14.8. The summed E-state index contributed by atoms with van der Waals surface area (Å²) in [6.07, 6.45) is 4.76. The summed E-state index contributed by atoms with van der Waals surface area (Å²) < 4.78 is 2.02. The van der Waals surface area contributed by atoms with Gasteiger partial charge in [0.2, 0.25) is 0 Å². The standard InChI is InChI=1S/C10H14N2O.C8H10N4/c1-7(13)5-11-9-3-2-4-10-8(9)6-12-10;1-6(2)12-5-11-7-3-9-4-10-8(7)12/h2-4,7,11-13H,5-6H2,1H3;3-6H,1-2H3. The topological polar surface area (TPSA) is 87.9 Å². The van der Waals surface area contributed by atoms with Crippen molar-refractivity contribution in [3.63, 3.8) is 0 Å². The maximum Gasteiger partial charge on any atom is 0.163 e. The third-order valence-corrected chi connectivity index (χ3v) is 4.01. The third-order valence-electron chi connectivity index (χ3n) is 4.01. The van der Waals surface area contributed by atoms with E-state index >= 15 is 0 Å². The smallest absolute Gasteiger partial charge is 0.163 e. The molecule has 4 rings (SSSR count). The van der Waals surface area contributed by atoms with Gasteiger partial charge in [0.15, 0.2) is 5.65 Å². The summed E-state index contributed by atoms with van der Waals surface area (Å²) in [5.41, 5.74) is 5.42. The highest BCUT2D eigenvalue weighted by Crippen LogP contribution is 2.31. The molecule has 0 spiro atoms. The molecule has 7 nitrogen and oxygen atoms in total. The number of aliphatic hydroxyl groups excluding tert-OH is 1. The van der Waals surface area contributed by atoms with Crippen molar-refractivity contribution in [2.24, 2.45) is 0 Å². The van der Waals surface area contributed by atoms with Gasteiger partial charge in [-0.05, 0) is 32.9 Å². The predicted octanol–water partition coefficient (Wildman–Crippen LogP) is 2.81. The van der Waals surface area contributed by atoms with E-state index in [0.717, 1.165) is 23.4 Å². The van der Waals surface area contributed by atoms with Gasteiger partial charge in [0.25, 0.3) is 0 Å². The molecule has 1 aliphatic heterocycles. The maximum absolute atomic E-state index is 9.11. The van der Waals surface area contributed by atoms with E-state index < -0.39 is 0 Å². The Bertz CT molecular complexity index is 842. The first kappa shape index (κ1) is 17.2. The minimum atomic E-state index is -0.302. The monoisotopic (exact) mass is 340 g/mol. The number of aromatic nitrogens is 4. The van der Waals surface area contributed by atoms with Gasteiger partial charge in [0, 0.05) is 36.1 Å². The quantitative estimate of drug-likeness (QED) is 0.677. The number of anilines is 2. The van der Waals surface area contributed by atoms with Crippen molar-refractivity contribution in [1.29, 1.82) is 0 Å². The lowest BCUT2D eigenvalue weighted by atomic mass is 10.0. The molecular formula is C18H24N6O. The van der Waals surface area contributed by atoms with Crippen LogP contribution in [0.25, 0.3) is 11.2 Å². The van der Waals surface area contributed by atoms with Crippen LogP contribution in [0.3, 0.4) is 0 Å². The van der Waals surface area contributed by atoms with Gasteiger partial charge >= 0.3 is 0 Å². The summed E-state index contributed by atoms with van der Waals surface area (Å²) in [7, 11) is 0. The first-order chi connectivity index (χ1) is 12.1. The lowest BCUT2D eigenvalue weighted by molar-refractivity contribution is 0.208. The fourth-order valence-electron chi connectivity index (χ4n) is 2.61. The van der Waals surface area contributed by atoms with Crippen molar-refractivity contribution in [1.82, 2.24) is 19.5 Å². The van der Waals surface area contributed by atoms with Crippen molar-refractivity contribution in [3.8, 4) is 0 Å². The summed E-state index contributed by atoms with van der Waals surface area (Å²) >= 11 is 0. The largest absolute Gasteiger partial charge is 0.392 e. The Morgan fingerprint density at radius 1 is 1.28 bits per heavy atom. The van der Waals surface area contributed by atoms with E-state index in [9.17, 15) is 0 Å². The molecular weight excluding hydrogens is 316 g/mol. The Hall–Kier alpha value is -2.67. The highest BCUT2D eigenvalue weighted by atomic mass is 16.3. The number of nitrogens with one attached hydrogen (secondary N) is 2. The number of imidazole rings is 1. The van der Waals surface area contributed by atoms with Crippen LogP contribution in [0.1, 0.15) is 32.4 Å². The zero-order valence-electron chi connectivity index (χ0n) is 14.8. The maximum atomic E-state index is 9.11. The summed E-state index contributed by atoms with van der Waals surface area (Å²) in [5, 5.41) is 15.5. The normalized spacial score (nSPS) is 13.3. The van der Waals surface area contributed by atoms with Crippen molar-refractivity contribution >= 4 is 22.5 Å². The molecule has 3 aromatic rings. The van der Waals surface area contributed by atoms with Gasteiger partial charge in [-0.3, -0.25) is 0 Å². The van der Waals surface area contributed by atoms with Gasteiger partial charge < -0.3 is 20.3 Å². The van der Waals surface area contributed by atoms with Crippen LogP contribution in [0.2, 0.25) is 0 Å². The number of fused-ring (bicyclic) bond motifs is 2. The van der Waals surface area contributed by atoms with Crippen LogP contribution in [-0.2, 0) is 6.54 Å². The molecule has 0 saturated heterocycles. The van der Waals surface area contributed by atoms with Gasteiger partial charge in [-0.25, -0.2) is 15.0 Å². The average Bonchev–Trinajstić information content (AvgIpc) is 2.99. The van der Waals surface area contributed by atoms with Crippen molar-refractivity contribution in [2.45, 2.75) is 39.5 Å². The molecule has 132 valence electrons.